The zero-order chi connectivity index (χ0) is 11.5. The fourth-order valence-electron chi connectivity index (χ4n) is 2.28. The van der Waals surface area contributed by atoms with E-state index in [0.29, 0.717) is 6.42 Å². The van der Waals surface area contributed by atoms with Crippen LogP contribution in [-0.4, -0.2) is 23.9 Å². The molecule has 0 radical (unpaired) electrons. The summed E-state index contributed by atoms with van der Waals surface area (Å²) in [6, 6.07) is 6.39. The zero-order valence-corrected chi connectivity index (χ0v) is 10.1. The van der Waals surface area contributed by atoms with Gasteiger partial charge in [-0.3, -0.25) is 0 Å². The average molecular weight is 220 g/mol. The SMILES string of the molecule is Cc1ccc(C)c(CC(O)C2CCCO2)c1. The smallest absolute Gasteiger partial charge is 0.0842 e. The molecule has 2 unspecified atom stereocenters. The molecule has 1 aromatic rings. The van der Waals surface area contributed by atoms with Gasteiger partial charge in [-0.05, 0) is 37.8 Å². The molecule has 16 heavy (non-hydrogen) atoms. The number of aryl methyl sites for hydroxylation is 2. The summed E-state index contributed by atoms with van der Waals surface area (Å²) < 4.78 is 5.51. The van der Waals surface area contributed by atoms with E-state index < -0.39 is 0 Å². The van der Waals surface area contributed by atoms with Gasteiger partial charge in [0.2, 0.25) is 0 Å². The van der Waals surface area contributed by atoms with Crippen LogP contribution in [0.2, 0.25) is 0 Å². The molecule has 0 bridgehead atoms. The summed E-state index contributed by atoms with van der Waals surface area (Å²) in [6.07, 6.45) is 2.46. The maximum atomic E-state index is 10.1. The number of aliphatic hydroxyl groups excluding tert-OH is 1. The van der Waals surface area contributed by atoms with Gasteiger partial charge in [0.25, 0.3) is 0 Å². The van der Waals surface area contributed by atoms with Gasteiger partial charge in [-0.1, -0.05) is 23.8 Å². The highest BCUT2D eigenvalue weighted by molar-refractivity contribution is 5.31. The van der Waals surface area contributed by atoms with Crippen molar-refractivity contribution in [3.8, 4) is 0 Å². The number of hydrogen-bond acceptors (Lipinski definition) is 2. The first kappa shape index (κ1) is 11.6. The second-order valence-electron chi connectivity index (χ2n) is 4.75. The standard InChI is InChI=1S/C14H20O2/c1-10-5-6-11(2)12(8-10)9-13(15)14-4-3-7-16-14/h5-6,8,13-15H,3-4,7,9H2,1-2H3. The topological polar surface area (TPSA) is 29.5 Å². The van der Waals surface area contributed by atoms with Crippen molar-refractivity contribution < 1.29 is 9.84 Å². The maximum absolute atomic E-state index is 10.1. The minimum atomic E-state index is -0.358. The minimum absolute atomic E-state index is 0.0416. The first-order valence-corrected chi connectivity index (χ1v) is 6.02. The van der Waals surface area contributed by atoms with E-state index in [2.05, 4.69) is 32.0 Å². The van der Waals surface area contributed by atoms with E-state index in [1.54, 1.807) is 0 Å². The van der Waals surface area contributed by atoms with Crippen LogP contribution in [0, 0.1) is 13.8 Å². The third-order valence-electron chi connectivity index (χ3n) is 3.33. The van der Waals surface area contributed by atoms with Crippen molar-refractivity contribution in [2.24, 2.45) is 0 Å². The minimum Gasteiger partial charge on any atom is -0.390 e. The van der Waals surface area contributed by atoms with Crippen LogP contribution >= 0.6 is 0 Å². The molecule has 1 N–H and O–H groups in total. The Hall–Kier alpha value is -0.860. The molecule has 1 fully saturated rings. The molecule has 2 heteroatoms. The lowest BCUT2D eigenvalue weighted by Gasteiger charge is -2.18. The van der Waals surface area contributed by atoms with Gasteiger partial charge in [0.1, 0.15) is 0 Å². The Morgan fingerprint density at radius 3 is 2.94 bits per heavy atom. The van der Waals surface area contributed by atoms with E-state index in [1.165, 1.54) is 16.7 Å². The van der Waals surface area contributed by atoms with E-state index in [4.69, 9.17) is 4.74 Å². The van der Waals surface area contributed by atoms with Crippen molar-refractivity contribution >= 4 is 0 Å². The lowest BCUT2D eigenvalue weighted by molar-refractivity contribution is -0.000839. The van der Waals surface area contributed by atoms with Crippen molar-refractivity contribution in [1.29, 1.82) is 0 Å². The van der Waals surface area contributed by atoms with E-state index in [9.17, 15) is 5.11 Å². The Morgan fingerprint density at radius 2 is 2.25 bits per heavy atom. The van der Waals surface area contributed by atoms with Gasteiger partial charge in [-0.25, -0.2) is 0 Å². The molecule has 0 aliphatic carbocycles. The van der Waals surface area contributed by atoms with E-state index in [0.717, 1.165) is 19.4 Å². The lowest BCUT2D eigenvalue weighted by Crippen LogP contribution is -2.27. The number of hydrogen-bond donors (Lipinski definition) is 1. The molecule has 88 valence electrons. The first-order chi connectivity index (χ1) is 7.66. The van der Waals surface area contributed by atoms with E-state index >= 15 is 0 Å². The summed E-state index contributed by atoms with van der Waals surface area (Å²) in [5.74, 6) is 0. The average Bonchev–Trinajstić information content (AvgIpc) is 2.76. The summed E-state index contributed by atoms with van der Waals surface area (Å²) in [5.41, 5.74) is 3.74. The quantitative estimate of drug-likeness (QED) is 0.847. The van der Waals surface area contributed by atoms with Gasteiger partial charge in [0.15, 0.2) is 0 Å². The molecule has 1 aliphatic heterocycles. The molecule has 2 rings (SSSR count). The fourth-order valence-corrected chi connectivity index (χ4v) is 2.28. The van der Waals surface area contributed by atoms with Gasteiger partial charge in [-0.15, -0.1) is 0 Å². The van der Waals surface area contributed by atoms with Crippen LogP contribution in [0.3, 0.4) is 0 Å². The molecular weight excluding hydrogens is 200 g/mol. The van der Waals surface area contributed by atoms with Crippen molar-refractivity contribution in [2.75, 3.05) is 6.61 Å². The number of ether oxygens (including phenoxy) is 1. The molecule has 0 aromatic heterocycles. The highest BCUT2D eigenvalue weighted by Crippen LogP contribution is 2.20. The molecule has 0 saturated carbocycles. The van der Waals surface area contributed by atoms with Crippen molar-refractivity contribution in [3.63, 3.8) is 0 Å². The van der Waals surface area contributed by atoms with E-state index in [1.807, 2.05) is 0 Å². The highest BCUT2D eigenvalue weighted by Gasteiger charge is 2.24. The molecule has 2 atom stereocenters. The molecule has 2 nitrogen and oxygen atoms in total. The van der Waals surface area contributed by atoms with Crippen molar-refractivity contribution in [1.82, 2.24) is 0 Å². The summed E-state index contributed by atoms with van der Waals surface area (Å²) >= 11 is 0. The molecule has 1 aromatic carbocycles. The summed E-state index contributed by atoms with van der Waals surface area (Å²) in [7, 11) is 0. The third kappa shape index (κ3) is 2.63. The molecule has 1 saturated heterocycles. The van der Waals surface area contributed by atoms with Crippen LogP contribution in [0.1, 0.15) is 29.5 Å². The number of rotatable bonds is 3. The van der Waals surface area contributed by atoms with Crippen LogP contribution in [0.15, 0.2) is 18.2 Å². The van der Waals surface area contributed by atoms with Gasteiger partial charge in [0.05, 0.1) is 12.2 Å². The van der Waals surface area contributed by atoms with Crippen LogP contribution in [0.25, 0.3) is 0 Å². The Kier molecular flexibility index (Phi) is 3.62. The Balaban J connectivity index is 2.04. The van der Waals surface area contributed by atoms with Crippen LogP contribution in [-0.2, 0) is 11.2 Å². The largest absolute Gasteiger partial charge is 0.390 e. The molecule has 0 spiro atoms. The monoisotopic (exact) mass is 220 g/mol. The molecule has 1 aliphatic rings. The van der Waals surface area contributed by atoms with E-state index in [-0.39, 0.29) is 12.2 Å². The molecular formula is C14H20O2. The third-order valence-corrected chi connectivity index (χ3v) is 3.33. The highest BCUT2D eigenvalue weighted by atomic mass is 16.5. The normalized spacial score (nSPS) is 22.3. The fraction of sp³-hybridized carbons (Fsp3) is 0.571. The van der Waals surface area contributed by atoms with Gasteiger partial charge in [-0.2, -0.15) is 0 Å². The summed E-state index contributed by atoms with van der Waals surface area (Å²) in [6.45, 7) is 4.98. The summed E-state index contributed by atoms with van der Waals surface area (Å²) in [4.78, 5) is 0. The summed E-state index contributed by atoms with van der Waals surface area (Å²) in [5, 5.41) is 10.1. The first-order valence-electron chi connectivity index (χ1n) is 6.02. The molecule has 1 heterocycles. The van der Waals surface area contributed by atoms with Crippen LogP contribution < -0.4 is 0 Å². The number of aliphatic hydroxyl groups is 1. The maximum Gasteiger partial charge on any atom is 0.0842 e. The van der Waals surface area contributed by atoms with Crippen LogP contribution in [0.4, 0.5) is 0 Å². The van der Waals surface area contributed by atoms with Gasteiger partial charge < -0.3 is 9.84 Å². The predicted molar refractivity (Wildman–Crippen MR) is 64.6 cm³/mol. The number of benzene rings is 1. The predicted octanol–water partition coefficient (Wildman–Crippen LogP) is 2.39. The van der Waals surface area contributed by atoms with Crippen molar-refractivity contribution in [3.05, 3.63) is 34.9 Å². The van der Waals surface area contributed by atoms with Crippen LogP contribution in [0.5, 0.6) is 0 Å². The Morgan fingerprint density at radius 1 is 1.44 bits per heavy atom. The van der Waals surface area contributed by atoms with Gasteiger partial charge in [0, 0.05) is 13.0 Å². The Bertz CT molecular complexity index is 354. The van der Waals surface area contributed by atoms with Gasteiger partial charge >= 0.3 is 0 Å². The molecule has 0 amide bonds. The Labute approximate surface area is 97.3 Å². The lowest BCUT2D eigenvalue weighted by atomic mass is 9.97. The van der Waals surface area contributed by atoms with Crippen molar-refractivity contribution in [2.45, 2.75) is 45.3 Å². The second kappa shape index (κ2) is 4.98. The second-order valence-corrected chi connectivity index (χ2v) is 4.75. The zero-order valence-electron chi connectivity index (χ0n) is 10.1.